The molecule has 2 aromatic heterocycles. The Morgan fingerprint density at radius 2 is 2.37 bits per heavy atom. The minimum absolute atomic E-state index is 0.269. The molecule has 8 heteroatoms. The lowest BCUT2D eigenvalue weighted by Gasteiger charge is -2.26. The SMILES string of the molecule is CCn1cc(NC(=O)c2cn(C3CNC3)nn2)cn1. The Morgan fingerprint density at radius 1 is 1.53 bits per heavy atom. The second kappa shape index (κ2) is 4.81. The second-order valence-electron chi connectivity index (χ2n) is 4.43. The number of hydrogen-bond acceptors (Lipinski definition) is 5. The summed E-state index contributed by atoms with van der Waals surface area (Å²) in [7, 11) is 0. The topological polar surface area (TPSA) is 89.7 Å². The van der Waals surface area contributed by atoms with Gasteiger partial charge in [0.25, 0.3) is 5.91 Å². The molecular formula is C11H15N7O. The zero-order valence-electron chi connectivity index (χ0n) is 10.6. The number of rotatable bonds is 4. The van der Waals surface area contributed by atoms with E-state index in [1.807, 2.05) is 6.92 Å². The molecule has 8 nitrogen and oxygen atoms in total. The Kier molecular flexibility index (Phi) is 3.00. The average Bonchev–Trinajstić information content (AvgIpc) is 2.96. The van der Waals surface area contributed by atoms with Crippen molar-refractivity contribution in [1.29, 1.82) is 0 Å². The van der Waals surface area contributed by atoms with Crippen molar-refractivity contribution in [3.8, 4) is 0 Å². The van der Waals surface area contributed by atoms with Crippen LogP contribution in [0, 0.1) is 0 Å². The van der Waals surface area contributed by atoms with E-state index < -0.39 is 0 Å². The molecule has 0 aliphatic carbocycles. The van der Waals surface area contributed by atoms with Gasteiger partial charge in [0.1, 0.15) is 0 Å². The number of hydrogen-bond donors (Lipinski definition) is 2. The van der Waals surface area contributed by atoms with E-state index in [0.717, 1.165) is 19.6 Å². The van der Waals surface area contributed by atoms with Crippen molar-refractivity contribution in [2.24, 2.45) is 0 Å². The summed E-state index contributed by atoms with van der Waals surface area (Å²) in [6, 6.07) is 0.303. The summed E-state index contributed by atoms with van der Waals surface area (Å²) in [5.41, 5.74) is 0.975. The minimum atomic E-state index is -0.269. The van der Waals surface area contributed by atoms with Crippen molar-refractivity contribution in [2.75, 3.05) is 18.4 Å². The lowest BCUT2D eigenvalue weighted by Crippen LogP contribution is -2.43. The molecule has 2 aromatic rings. The Hall–Kier alpha value is -2.22. The van der Waals surface area contributed by atoms with E-state index in [1.54, 1.807) is 28.0 Å². The predicted octanol–water partition coefficient (Wildman–Crippen LogP) is -0.109. The highest BCUT2D eigenvalue weighted by molar-refractivity contribution is 6.02. The summed E-state index contributed by atoms with van der Waals surface area (Å²) in [5.74, 6) is -0.269. The monoisotopic (exact) mass is 261 g/mol. The molecule has 1 amide bonds. The third kappa shape index (κ3) is 2.34. The molecule has 0 aromatic carbocycles. The number of carbonyl (C=O) groups excluding carboxylic acids is 1. The maximum absolute atomic E-state index is 12.0. The van der Waals surface area contributed by atoms with Crippen LogP contribution in [0.15, 0.2) is 18.6 Å². The van der Waals surface area contributed by atoms with Gasteiger partial charge in [-0.1, -0.05) is 5.21 Å². The van der Waals surface area contributed by atoms with Gasteiger partial charge in [0.05, 0.1) is 24.1 Å². The molecular weight excluding hydrogens is 246 g/mol. The zero-order chi connectivity index (χ0) is 13.2. The number of carbonyl (C=O) groups is 1. The van der Waals surface area contributed by atoms with Crippen LogP contribution in [0.3, 0.4) is 0 Å². The van der Waals surface area contributed by atoms with Gasteiger partial charge in [-0.15, -0.1) is 5.10 Å². The molecule has 3 heterocycles. The average molecular weight is 261 g/mol. The standard InChI is InChI=1S/C11H15N7O/c1-2-17-6-8(3-13-17)14-11(19)10-7-18(16-15-10)9-4-12-5-9/h3,6-7,9,12H,2,4-5H2,1H3,(H,14,19). The molecule has 3 rings (SSSR count). The van der Waals surface area contributed by atoms with E-state index in [4.69, 9.17) is 0 Å². The highest BCUT2D eigenvalue weighted by atomic mass is 16.2. The van der Waals surface area contributed by atoms with E-state index in [-0.39, 0.29) is 5.91 Å². The van der Waals surface area contributed by atoms with E-state index in [9.17, 15) is 4.79 Å². The molecule has 1 aliphatic heterocycles. The van der Waals surface area contributed by atoms with Gasteiger partial charge in [-0.3, -0.25) is 9.48 Å². The van der Waals surface area contributed by atoms with E-state index in [1.165, 1.54) is 0 Å². The number of nitrogens with zero attached hydrogens (tertiary/aromatic N) is 5. The summed E-state index contributed by atoms with van der Waals surface area (Å²) in [4.78, 5) is 12.0. The Labute approximate surface area is 109 Å². The molecule has 0 bridgehead atoms. The smallest absolute Gasteiger partial charge is 0.277 e. The molecule has 0 spiro atoms. The molecule has 0 atom stereocenters. The van der Waals surface area contributed by atoms with Crippen molar-refractivity contribution < 1.29 is 4.79 Å². The minimum Gasteiger partial charge on any atom is -0.318 e. The van der Waals surface area contributed by atoms with Gasteiger partial charge in [0.2, 0.25) is 0 Å². The number of anilines is 1. The number of aromatic nitrogens is 5. The van der Waals surface area contributed by atoms with Gasteiger partial charge in [-0.05, 0) is 6.92 Å². The molecule has 1 saturated heterocycles. The third-order valence-electron chi connectivity index (χ3n) is 3.09. The summed E-state index contributed by atoms with van der Waals surface area (Å²) in [6.45, 7) is 4.49. The van der Waals surface area contributed by atoms with Gasteiger partial charge in [0, 0.05) is 25.8 Å². The lowest BCUT2D eigenvalue weighted by atomic mass is 10.2. The van der Waals surface area contributed by atoms with Gasteiger partial charge in [-0.2, -0.15) is 5.10 Å². The van der Waals surface area contributed by atoms with Crippen molar-refractivity contribution >= 4 is 11.6 Å². The zero-order valence-corrected chi connectivity index (χ0v) is 10.6. The fraction of sp³-hybridized carbons (Fsp3) is 0.455. The maximum atomic E-state index is 12.0. The van der Waals surface area contributed by atoms with Crippen molar-refractivity contribution in [3.05, 3.63) is 24.3 Å². The summed E-state index contributed by atoms with van der Waals surface area (Å²) < 4.78 is 3.47. The van der Waals surface area contributed by atoms with Gasteiger partial charge in [0.15, 0.2) is 5.69 Å². The van der Waals surface area contributed by atoms with E-state index in [2.05, 4.69) is 26.0 Å². The van der Waals surface area contributed by atoms with Crippen LogP contribution in [-0.2, 0) is 6.54 Å². The van der Waals surface area contributed by atoms with Gasteiger partial charge in [-0.25, -0.2) is 4.68 Å². The van der Waals surface area contributed by atoms with Crippen LogP contribution in [0.5, 0.6) is 0 Å². The largest absolute Gasteiger partial charge is 0.318 e. The van der Waals surface area contributed by atoms with Crippen LogP contribution in [0.4, 0.5) is 5.69 Å². The summed E-state index contributed by atoms with van der Waals surface area (Å²) in [5, 5.41) is 17.8. The van der Waals surface area contributed by atoms with Crippen molar-refractivity contribution in [1.82, 2.24) is 30.1 Å². The first kappa shape index (κ1) is 11.8. The number of nitrogens with one attached hydrogen (secondary N) is 2. The molecule has 0 saturated carbocycles. The molecule has 0 radical (unpaired) electrons. The van der Waals surface area contributed by atoms with Crippen LogP contribution in [-0.4, -0.2) is 43.8 Å². The second-order valence-corrected chi connectivity index (χ2v) is 4.43. The summed E-state index contributed by atoms with van der Waals surface area (Å²) >= 11 is 0. The molecule has 1 fully saturated rings. The van der Waals surface area contributed by atoms with Crippen LogP contribution in [0.25, 0.3) is 0 Å². The van der Waals surface area contributed by atoms with Crippen LogP contribution < -0.4 is 10.6 Å². The van der Waals surface area contributed by atoms with Crippen LogP contribution in [0.2, 0.25) is 0 Å². The maximum Gasteiger partial charge on any atom is 0.277 e. The molecule has 2 N–H and O–H groups in total. The lowest BCUT2D eigenvalue weighted by molar-refractivity contribution is 0.102. The van der Waals surface area contributed by atoms with Gasteiger partial charge < -0.3 is 10.6 Å². The third-order valence-corrected chi connectivity index (χ3v) is 3.09. The predicted molar refractivity (Wildman–Crippen MR) is 67.8 cm³/mol. The van der Waals surface area contributed by atoms with Crippen LogP contribution in [0.1, 0.15) is 23.5 Å². The molecule has 100 valence electrons. The van der Waals surface area contributed by atoms with Crippen LogP contribution >= 0.6 is 0 Å². The molecule has 0 unspecified atom stereocenters. The first-order chi connectivity index (χ1) is 9.26. The van der Waals surface area contributed by atoms with E-state index in [0.29, 0.717) is 17.4 Å². The highest BCUT2D eigenvalue weighted by Crippen LogP contribution is 2.11. The fourth-order valence-corrected chi connectivity index (χ4v) is 1.82. The van der Waals surface area contributed by atoms with Crippen molar-refractivity contribution in [2.45, 2.75) is 19.5 Å². The van der Waals surface area contributed by atoms with E-state index >= 15 is 0 Å². The first-order valence-electron chi connectivity index (χ1n) is 6.22. The van der Waals surface area contributed by atoms with Gasteiger partial charge >= 0.3 is 0 Å². The Morgan fingerprint density at radius 3 is 3.00 bits per heavy atom. The van der Waals surface area contributed by atoms with Crippen molar-refractivity contribution in [3.63, 3.8) is 0 Å². The number of amides is 1. The Balaban J connectivity index is 1.67. The first-order valence-corrected chi connectivity index (χ1v) is 6.22. The Bertz CT molecular complexity index is 583. The quantitative estimate of drug-likeness (QED) is 0.801. The number of aryl methyl sites for hydroxylation is 1. The normalized spacial score (nSPS) is 15.2. The summed E-state index contributed by atoms with van der Waals surface area (Å²) in [6.07, 6.45) is 5.06. The fourth-order valence-electron chi connectivity index (χ4n) is 1.82. The molecule has 19 heavy (non-hydrogen) atoms. The highest BCUT2D eigenvalue weighted by Gasteiger charge is 2.21. The molecule has 1 aliphatic rings.